The summed E-state index contributed by atoms with van der Waals surface area (Å²) in [5.41, 5.74) is 6.79. The molecule has 4 heterocycles. The van der Waals surface area contributed by atoms with Crippen LogP contribution in [0.3, 0.4) is 0 Å². The number of rotatable bonds is 2. The van der Waals surface area contributed by atoms with Gasteiger partial charge in [-0.25, -0.2) is 9.97 Å². The van der Waals surface area contributed by atoms with Crippen LogP contribution in [0.15, 0.2) is 121 Å². The molecule has 0 aliphatic heterocycles. The van der Waals surface area contributed by atoms with Crippen LogP contribution >= 0.6 is 22.7 Å². The standard InChI is InChI=1S/C39H23N3S2/c1-22-40-35(39-36(41-22)29-14-6-9-17-32(29)44-39)23-18-20-24(21-19-23)42-30-15-7-4-12-27(30)33-25-10-2-3-11-26(25)34-28-13-5-8-16-31(28)43-38(34)37(33)42/h2-21H,1H3. The molecule has 0 aliphatic rings. The fourth-order valence-electron chi connectivity index (χ4n) is 7.06. The Hall–Kier alpha value is -5.10. The van der Waals surface area contributed by atoms with Gasteiger partial charge in [-0.3, -0.25) is 0 Å². The molecule has 10 aromatic rings. The zero-order valence-corrected chi connectivity index (χ0v) is 25.3. The molecule has 44 heavy (non-hydrogen) atoms. The monoisotopic (exact) mass is 597 g/mol. The number of aromatic nitrogens is 3. The van der Waals surface area contributed by atoms with Crippen molar-refractivity contribution < 1.29 is 0 Å². The van der Waals surface area contributed by atoms with E-state index < -0.39 is 0 Å². The van der Waals surface area contributed by atoms with Crippen LogP contribution in [0.1, 0.15) is 5.82 Å². The van der Waals surface area contributed by atoms with Gasteiger partial charge >= 0.3 is 0 Å². The molecule has 4 aromatic heterocycles. The quantitative estimate of drug-likeness (QED) is 0.198. The largest absolute Gasteiger partial charge is 0.308 e. The van der Waals surface area contributed by atoms with E-state index in [0.717, 1.165) is 33.0 Å². The summed E-state index contributed by atoms with van der Waals surface area (Å²) in [7, 11) is 0. The minimum absolute atomic E-state index is 0.793. The number of nitrogens with zero attached hydrogens (tertiary/aromatic N) is 3. The molecule has 0 saturated carbocycles. The van der Waals surface area contributed by atoms with Crippen LogP contribution in [0.2, 0.25) is 0 Å². The Kier molecular flexibility index (Phi) is 4.96. The number of hydrogen-bond acceptors (Lipinski definition) is 4. The molecular weight excluding hydrogens is 575 g/mol. The van der Waals surface area contributed by atoms with Crippen molar-refractivity contribution in [2.45, 2.75) is 6.92 Å². The molecule has 0 saturated heterocycles. The number of fused-ring (bicyclic) bond motifs is 13. The smallest absolute Gasteiger partial charge is 0.126 e. The Morgan fingerprint density at radius 1 is 0.523 bits per heavy atom. The molecule has 206 valence electrons. The van der Waals surface area contributed by atoms with Gasteiger partial charge < -0.3 is 4.57 Å². The predicted molar refractivity (Wildman–Crippen MR) is 190 cm³/mol. The van der Waals surface area contributed by atoms with Crippen LogP contribution in [-0.2, 0) is 0 Å². The van der Waals surface area contributed by atoms with Crippen molar-refractivity contribution in [2.75, 3.05) is 0 Å². The van der Waals surface area contributed by atoms with E-state index >= 15 is 0 Å². The Balaban J connectivity index is 1.28. The lowest BCUT2D eigenvalue weighted by atomic mass is 9.99. The molecule has 0 bridgehead atoms. The summed E-state index contributed by atoms with van der Waals surface area (Å²) in [5, 5.41) is 9.08. The van der Waals surface area contributed by atoms with Gasteiger partial charge in [0.05, 0.1) is 31.6 Å². The van der Waals surface area contributed by atoms with Crippen molar-refractivity contribution in [3.05, 3.63) is 127 Å². The van der Waals surface area contributed by atoms with Crippen molar-refractivity contribution in [3.63, 3.8) is 0 Å². The van der Waals surface area contributed by atoms with Crippen LogP contribution in [0.5, 0.6) is 0 Å². The molecule has 3 nitrogen and oxygen atoms in total. The van der Waals surface area contributed by atoms with E-state index in [1.165, 1.54) is 62.8 Å². The molecule has 10 rings (SSSR count). The lowest BCUT2D eigenvalue weighted by Crippen LogP contribution is -1.95. The topological polar surface area (TPSA) is 30.7 Å². The number of aryl methyl sites for hydroxylation is 1. The van der Waals surface area contributed by atoms with Gasteiger partial charge in [-0.15, -0.1) is 22.7 Å². The summed E-state index contributed by atoms with van der Waals surface area (Å²) in [6, 6.07) is 44.1. The van der Waals surface area contributed by atoms with Gasteiger partial charge in [0.1, 0.15) is 5.82 Å². The first kappa shape index (κ1) is 24.4. The van der Waals surface area contributed by atoms with Crippen LogP contribution in [0.4, 0.5) is 0 Å². The highest BCUT2D eigenvalue weighted by Gasteiger charge is 2.22. The molecule has 0 radical (unpaired) electrons. The van der Waals surface area contributed by atoms with E-state index in [0.29, 0.717) is 0 Å². The maximum atomic E-state index is 4.95. The lowest BCUT2D eigenvalue weighted by Gasteiger charge is -2.11. The second kappa shape index (κ2) is 8.96. The van der Waals surface area contributed by atoms with Gasteiger partial charge in [-0.2, -0.15) is 0 Å². The first-order valence-corrected chi connectivity index (χ1v) is 16.4. The molecule has 0 aliphatic carbocycles. The lowest BCUT2D eigenvalue weighted by molar-refractivity contribution is 1.10. The SMILES string of the molecule is Cc1nc(-c2ccc(-n3c4ccccc4c4c5ccccc5c5c6ccccc6sc5c43)cc2)c2sc3ccccc3c2n1. The summed E-state index contributed by atoms with van der Waals surface area (Å²) >= 11 is 3.67. The van der Waals surface area contributed by atoms with E-state index in [4.69, 9.17) is 9.97 Å². The zero-order chi connectivity index (χ0) is 28.9. The van der Waals surface area contributed by atoms with Crippen molar-refractivity contribution in [1.82, 2.24) is 14.5 Å². The van der Waals surface area contributed by atoms with Gasteiger partial charge in [0, 0.05) is 47.6 Å². The molecule has 5 heteroatoms. The summed E-state index contributed by atoms with van der Waals surface area (Å²) in [5.74, 6) is 0.793. The summed E-state index contributed by atoms with van der Waals surface area (Å²) in [4.78, 5) is 9.80. The second-order valence-corrected chi connectivity index (χ2v) is 13.5. The van der Waals surface area contributed by atoms with Crippen LogP contribution < -0.4 is 0 Å². The minimum Gasteiger partial charge on any atom is -0.308 e. The van der Waals surface area contributed by atoms with Crippen LogP contribution in [-0.4, -0.2) is 14.5 Å². The van der Waals surface area contributed by atoms with E-state index in [1.807, 2.05) is 18.3 Å². The summed E-state index contributed by atoms with van der Waals surface area (Å²) in [6.45, 7) is 1.99. The van der Waals surface area contributed by atoms with Gasteiger partial charge in [-0.1, -0.05) is 91.0 Å². The number of hydrogen-bond donors (Lipinski definition) is 0. The van der Waals surface area contributed by atoms with Gasteiger partial charge in [0.15, 0.2) is 0 Å². The van der Waals surface area contributed by atoms with Gasteiger partial charge in [-0.05, 0) is 48.0 Å². The Morgan fingerprint density at radius 2 is 1.11 bits per heavy atom. The van der Waals surface area contributed by atoms with Crippen LogP contribution in [0, 0.1) is 6.92 Å². The number of benzene rings is 6. The normalized spacial score (nSPS) is 12.2. The van der Waals surface area contributed by atoms with Crippen molar-refractivity contribution >= 4 is 95.7 Å². The number of para-hydroxylation sites is 1. The molecule has 6 aromatic carbocycles. The first-order chi connectivity index (χ1) is 21.7. The van der Waals surface area contributed by atoms with Gasteiger partial charge in [0.2, 0.25) is 0 Å². The fourth-order valence-corrected chi connectivity index (χ4v) is 9.47. The minimum atomic E-state index is 0.793. The van der Waals surface area contributed by atoms with Crippen molar-refractivity contribution in [1.29, 1.82) is 0 Å². The molecule has 0 atom stereocenters. The van der Waals surface area contributed by atoms with Gasteiger partial charge in [0.25, 0.3) is 0 Å². The third-order valence-corrected chi connectivity index (χ3v) is 11.2. The highest BCUT2D eigenvalue weighted by Crippen LogP contribution is 2.48. The van der Waals surface area contributed by atoms with E-state index in [9.17, 15) is 0 Å². The molecular formula is C39H23N3S2. The molecule has 0 amide bonds. The average molecular weight is 598 g/mol. The zero-order valence-electron chi connectivity index (χ0n) is 23.7. The third kappa shape index (κ3) is 3.25. The predicted octanol–water partition coefficient (Wildman–Crippen LogP) is 11.4. The molecule has 0 fully saturated rings. The van der Waals surface area contributed by atoms with Crippen LogP contribution in [0.25, 0.3) is 90.0 Å². The maximum Gasteiger partial charge on any atom is 0.126 e. The summed E-state index contributed by atoms with van der Waals surface area (Å²) < 4.78 is 7.50. The van der Waals surface area contributed by atoms with E-state index in [-0.39, 0.29) is 0 Å². The molecule has 0 N–H and O–H groups in total. The summed E-state index contributed by atoms with van der Waals surface area (Å²) in [6.07, 6.45) is 0. The van der Waals surface area contributed by atoms with Crippen molar-refractivity contribution in [3.8, 4) is 16.9 Å². The Labute approximate surface area is 260 Å². The van der Waals surface area contributed by atoms with E-state index in [1.54, 1.807) is 11.3 Å². The third-order valence-electron chi connectivity index (χ3n) is 8.88. The molecule has 0 unspecified atom stereocenters. The first-order valence-electron chi connectivity index (χ1n) is 14.8. The maximum absolute atomic E-state index is 4.95. The Bertz CT molecular complexity index is 2780. The average Bonchev–Trinajstić information content (AvgIpc) is 3.75. The second-order valence-electron chi connectivity index (χ2n) is 11.4. The van der Waals surface area contributed by atoms with Crippen molar-refractivity contribution in [2.24, 2.45) is 0 Å². The molecule has 0 spiro atoms. The Morgan fingerprint density at radius 3 is 1.89 bits per heavy atom. The highest BCUT2D eigenvalue weighted by atomic mass is 32.1. The highest BCUT2D eigenvalue weighted by molar-refractivity contribution is 7.27. The van der Waals surface area contributed by atoms with E-state index in [2.05, 4.69) is 126 Å². The fraction of sp³-hybridized carbons (Fsp3) is 0.0256. The number of thiophene rings is 2.